The Morgan fingerprint density at radius 2 is 1.33 bits per heavy atom. The van der Waals surface area contributed by atoms with Crippen LogP contribution in [0, 0.1) is 0 Å². The van der Waals surface area contributed by atoms with E-state index in [-0.39, 0.29) is 6.10 Å². The van der Waals surface area contributed by atoms with Crippen molar-refractivity contribution >= 4 is 8.80 Å². The molecule has 1 saturated carbocycles. The predicted octanol–water partition coefficient (Wildman–Crippen LogP) is 5.89. The smallest absolute Gasteiger partial charge is 0.370 e. The largest absolute Gasteiger partial charge is 0.505 e. The van der Waals surface area contributed by atoms with Crippen molar-refractivity contribution in [2.45, 2.75) is 57.5 Å². The van der Waals surface area contributed by atoms with Gasteiger partial charge in [0.2, 0.25) is 0 Å². The summed E-state index contributed by atoms with van der Waals surface area (Å²) in [4.78, 5) is 0. The zero-order valence-electron chi connectivity index (χ0n) is 16.0. The molecule has 0 N–H and O–H groups in total. The van der Waals surface area contributed by atoms with E-state index in [2.05, 4.69) is 30.8 Å². The summed E-state index contributed by atoms with van der Waals surface area (Å²) in [6.45, 7) is 4.95. The third-order valence-corrected chi connectivity index (χ3v) is 7.55. The summed E-state index contributed by atoms with van der Waals surface area (Å²) in [7, 11) is -2.87. The van der Waals surface area contributed by atoms with E-state index in [1.165, 1.54) is 19.3 Å². The molecule has 1 fully saturated rings. The molecule has 27 heavy (non-hydrogen) atoms. The average molecular weight is 383 g/mol. The van der Waals surface area contributed by atoms with E-state index in [1.807, 2.05) is 42.5 Å². The second-order valence-corrected chi connectivity index (χ2v) is 9.69. The summed E-state index contributed by atoms with van der Waals surface area (Å²) in [6.07, 6.45) is 8.04. The van der Waals surface area contributed by atoms with E-state index in [9.17, 15) is 0 Å². The topological polar surface area (TPSA) is 27.7 Å². The van der Waals surface area contributed by atoms with Crippen molar-refractivity contribution in [1.82, 2.24) is 0 Å². The molecule has 1 aliphatic rings. The minimum Gasteiger partial charge on any atom is -0.370 e. The summed E-state index contributed by atoms with van der Waals surface area (Å²) < 4.78 is 19.4. The average Bonchev–Trinajstić information content (AvgIpc) is 2.73. The quantitative estimate of drug-likeness (QED) is 0.378. The van der Waals surface area contributed by atoms with Crippen LogP contribution in [0.15, 0.2) is 73.3 Å². The summed E-state index contributed by atoms with van der Waals surface area (Å²) >= 11 is 0. The van der Waals surface area contributed by atoms with Gasteiger partial charge >= 0.3 is 8.80 Å². The van der Waals surface area contributed by atoms with Crippen LogP contribution < -0.4 is 0 Å². The first-order valence-electron chi connectivity index (χ1n) is 9.94. The van der Waals surface area contributed by atoms with E-state index < -0.39 is 8.80 Å². The molecular weight excluding hydrogens is 352 g/mol. The standard InChI is InChI=1S/C23H30O3Si/c1-2-18-27(26-23-16-10-5-11-17-23,24-19-21-12-6-3-7-13-21)25-20-22-14-8-4-9-15-22/h2-4,6-9,12-15,23H,1,5,10-11,16-20H2. The number of hydrogen-bond acceptors (Lipinski definition) is 3. The Kier molecular flexibility index (Phi) is 7.84. The number of benzene rings is 2. The van der Waals surface area contributed by atoms with Crippen molar-refractivity contribution in [2.75, 3.05) is 0 Å². The number of hydrogen-bond donors (Lipinski definition) is 0. The van der Waals surface area contributed by atoms with Crippen molar-refractivity contribution in [1.29, 1.82) is 0 Å². The predicted molar refractivity (Wildman–Crippen MR) is 111 cm³/mol. The van der Waals surface area contributed by atoms with Crippen LogP contribution in [0.2, 0.25) is 6.04 Å². The first kappa shape index (κ1) is 20.0. The summed E-state index contributed by atoms with van der Waals surface area (Å²) in [6, 6.07) is 21.1. The Morgan fingerprint density at radius 3 is 1.81 bits per heavy atom. The van der Waals surface area contributed by atoms with Crippen molar-refractivity contribution in [3.8, 4) is 0 Å². The van der Waals surface area contributed by atoms with Crippen LogP contribution in [-0.4, -0.2) is 14.9 Å². The molecule has 0 spiro atoms. The maximum Gasteiger partial charge on any atom is 0.505 e. The second kappa shape index (κ2) is 10.6. The summed E-state index contributed by atoms with van der Waals surface area (Å²) in [5.74, 6) is 0. The molecule has 2 aromatic rings. The molecule has 0 aromatic heterocycles. The highest BCUT2D eigenvalue weighted by atomic mass is 28.4. The van der Waals surface area contributed by atoms with Gasteiger partial charge in [0.05, 0.1) is 13.2 Å². The Hall–Kier alpha value is -1.72. The Morgan fingerprint density at radius 1 is 0.815 bits per heavy atom. The van der Waals surface area contributed by atoms with Crippen LogP contribution in [0.5, 0.6) is 0 Å². The molecule has 0 unspecified atom stereocenters. The molecule has 0 aliphatic heterocycles. The SMILES string of the molecule is C=CC[Si](OCc1ccccc1)(OCc1ccccc1)OC1CCCCC1. The van der Waals surface area contributed by atoms with Gasteiger partial charge in [-0.15, -0.1) is 6.58 Å². The maximum absolute atomic E-state index is 6.59. The van der Waals surface area contributed by atoms with Crippen LogP contribution in [0.1, 0.15) is 43.2 Å². The van der Waals surface area contributed by atoms with Crippen molar-refractivity contribution in [3.63, 3.8) is 0 Å². The van der Waals surface area contributed by atoms with Gasteiger partial charge in [0, 0.05) is 12.1 Å². The van der Waals surface area contributed by atoms with Crippen LogP contribution in [-0.2, 0) is 26.5 Å². The van der Waals surface area contributed by atoms with Gasteiger partial charge in [-0.25, -0.2) is 0 Å². The molecular formula is C23H30O3Si. The first-order valence-corrected chi connectivity index (χ1v) is 11.9. The normalized spacial score (nSPS) is 15.6. The number of rotatable bonds is 10. The molecule has 0 bridgehead atoms. The fourth-order valence-corrected chi connectivity index (χ4v) is 5.85. The van der Waals surface area contributed by atoms with Gasteiger partial charge in [0.25, 0.3) is 0 Å². The highest BCUT2D eigenvalue weighted by Crippen LogP contribution is 2.28. The molecule has 3 rings (SSSR count). The fourth-order valence-electron chi connectivity index (χ4n) is 3.42. The van der Waals surface area contributed by atoms with Crippen molar-refractivity contribution in [2.24, 2.45) is 0 Å². The van der Waals surface area contributed by atoms with E-state index in [0.29, 0.717) is 19.3 Å². The van der Waals surface area contributed by atoms with E-state index in [1.54, 1.807) is 0 Å². The molecule has 0 heterocycles. The van der Waals surface area contributed by atoms with Gasteiger partial charge in [-0.05, 0) is 24.0 Å². The lowest BCUT2D eigenvalue weighted by molar-refractivity contribution is 0.00791. The minimum atomic E-state index is -2.87. The van der Waals surface area contributed by atoms with Crippen LogP contribution in [0.25, 0.3) is 0 Å². The van der Waals surface area contributed by atoms with Crippen molar-refractivity contribution < 1.29 is 13.3 Å². The van der Waals surface area contributed by atoms with Gasteiger partial charge in [-0.3, -0.25) is 0 Å². The molecule has 1 aliphatic carbocycles. The van der Waals surface area contributed by atoms with E-state index in [0.717, 1.165) is 24.0 Å². The molecule has 3 nitrogen and oxygen atoms in total. The molecule has 4 heteroatoms. The minimum absolute atomic E-state index is 0.233. The highest BCUT2D eigenvalue weighted by molar-refractivity contribution is 6.61. The third kappa shape index (κ3) is 6.43. The lowest BCUT2D eigenvalue weighted by Gasteiger charge is -2.34. The molecule has 0 amide bonds. The maximum atomic E-state index is 6.59. The Labute approximate surface area is 164 Å². The fraction of sp³-hybridized carbons (Fsp3) is 0.391. The zero-order valence-corrected chi connectivity index (χ0v) is 17.0. The number of allylic oxidation sites excluding steroid dienone is 1. The van der Waals surface area contributed by atoms with Gasteiger partial charge in [0.15, 0.2) is 0 Å². The Balaban J connectivity index is 1.73. The van der Waals surface area contributed by atoms with Gasteiger partial charge in [-0.1, -0.05) is 86.0 Å². The molecule has 0 radical (unpaired) electrons. The van der Waals surface area contributed by atoms with Crippen LogP contribution >= 0.6 is 0 Å². The molecule has 0 saturated heterocycles. The summed E-state index contributed by atoms with van der Waals surface area (Å²) in [5, 5.41) is 0. The van der Waals surface area contributed by atoms with E-state index in [4.69, 9.17) is 13.3 Å². The molecule has 2 aromatic carbocycles. The molecule has 144 valence electrons. The van der Waals surface area contributed by atoms with Crippen LogP contribution in [0.3, 0.4) is 0 Å². The van der Waals surface area contributed by atoms with Gasteiger partial charge in [-0.2, -0.15) is 0 Å². The Bertz CT molecular complexity index is 625. The van der Waals surface area contributed by atoms with Gasteiger partial charge in [0.1, 0.15) is 0 Å². The first-order chi connectivity index (χ1) is 13.3. The van der Waals surface area contributed by atoms with Crippen LogP contribution in [0.4, 0.5) is 0 Å². The molecule has 0 atom stereocenters. The lowest BCUT2D eigenvalue weighted by atomic mass is 9.98. The third-order valence-electron chi connectivity index (χ3n) is 4.90. The van der Waals surface area contributed by atoms with E-state index >= 15 is 0 Å². The summed E-state index contributed by atoms with van der Waals surface area (Å²) in [5.41, 5.74) is 2.27. The van der Waals surface area contributed by atoms with Crippen molar-refractivity contribution in [3.05, 3.63) is 84.4 Å². The zero-order chi connectivity index (χ0) is 18.8. The second-order valence-electron chi connectivity index (χ2n) is 7.10. The van der Waals surface area contributed by atoms with Gasteiger partial charge < -0.3 is 13.3 Å². The lowest BCUT2D eigenvalue weighted by Crippen LogP contribution is -2.48. The highest BCUT2D eigenvalue weighted by Gasteiger charge is 2.42. The monoisotopic (exact) mass is 382 g/mol.